The summed E-state index contributed by atoms with van der Waals surface area (Å²) >= 11 is 0. The first-order chi connectivity index (χ1) is 34.7. The number of allylic oxidation sites excluding steroid dienone is 4. The number of anilines is 3. The van der Waals surface area contributed by atoms with Crippen molar-refractivity contribution in [1.29, 1.82) is 0 Å². The molecule has 1 aromatic heterocycles. The van der Waals surface area contributed by atoms with E-state index in [9.17, 15) is 0 Å². The molecule has 0 fully saturated rings. The fourth-order valence-corrected chi connectivity index (χ4v) is 12.5. The number of fused-ring (bicyclic) bond motifs is 12. The van der Waals surface area contributed by atoms with Gasteiger partial charge in [-0.1, -0.05) is 207 Å². The Labute approximate surface area is 409 Å². The fraction of sp³-hybridized carbons (Fsp3) is 0.0588. The zero-order valence-electron chi connectivity index (χ0n) is 38.9. The lowest BCUT2D eigenvalue weighted by molar-refractivity contribution is 0.630. The van der Waals surface area contributed by atoms with Gasteiger partial charge in [0.05, 0.1) is 22.1 Å². The number of para-hydroxylation sites is 3. The van der Waals surface area contributed by atoms with Gasteiger partial charge in [-0.05, 0) is 139 Å². The molecular formula is C68H48N2. The van der Waals surface area contributed by atoms with Gasteiger partial charge in [0.15, 0.2) is 0 Å². The van der Waals surface area contributed by atoms with Gasteiger partial charge in [-0.15, -0.1) is 0 Å². The molecule has 0 saturated heterocycles. The van der Waals surface area contributed by atoms with Gasteiger partial charge in [-0.25, -0.2) is 0 Å². The second kappa shape index (κ2) is 15.9. The van der Waals surface area contributed by atoms with Crippen molar-refractivity contribution in [3.8, 4) is 50.2 Å². The number of nitrogens with zero attached hydrogens (tertiary/aromatic N) is 2. The van der Waals surface area contributed by atoms with E-state index in [1.807, 2.05) is 0 Å². The lowest BCUT2D eigenvalue weighted by Gasteiger charge is -2.35. The van der Waals surface area contributed by atoms with Crippen molar-refractivity contribution in [2.45, 2.75) is 18.8 Å². The Morgan fingerprint density at radius 1 is 0.414 bits per heavy atom. The molecule has 14 rings (SSSR count). The Morgan fingerprint density at radius 3 is 1.61 bits per heavy atom. The van der Waals surface area contributed by atoms with Crippen molar-refractivity contribution in [3.63, 3.8) is 0 Å². The molecule has 2 atom stereocenters. The molecule has 2 unspecified atom stereocenters. The molecule has 10 aromatic carbocycles. The van der Waals surface area contributed by atoms with Crippen molar-refractivity contribution in [1.82, 2.24) is 4.57 Å². The summed E-state index contributed by atoms with van der Waals surface area (Å²) in [5.41, 5.74) is 24.7. The van der Waals surface area contributed by atoms with Crippen molar-refractivity contribution in [2.75, 3.05) is 4.90 Å². The van der Waals surface area contributed by atoms with E-state index in [2.05, 4.69) is 271 Å². The molecule has 11 aromatic rings. The molecule has 2 nitrogen and oxygen atoms in total. The lowest BCUT2D eigenvalue weighted by atomic mass is 9.67. The molecule has 0 N–H and O–H groups in total. The van der Waals surface area contributed by atoms with Gasteiger partial charge in [0.1, 0.15) is 0 Å². The van der Waals surface area contributed by atoms with Crippen molar-refractivity contribution in [2.24, 2.45) is 5.92 Å². The molecule has 3 aliphatic carbocycles. The van der Waals surface area contributed by atoms with Gasteiger partial charge < -0.3 is 9.47 Å². The molecule has 3 aliphatic rings. The summed E-state index contributed by atoms with van der Waals surface area (Å²) in [7, 11) is 0. The Kier molecular flexibility index (Phi) is 9.19. The fourth-order valence-electron chi connectivity index (χ4n) is 12.5. The highest BCUT2D eigenvalue weighted by atomic mass is 15.1. The first-order valence-electron chi connectivity index (χ1n) is 24.6. The molecule has 0 radical (unpaired) electrons. The van der Waals surface area contributed by atoms with Gasteiger partial charge in [0.2, 0.25) is 0 Å². The van der Waals surface area contributed by atoms with E-state index in [-0.39, 0.29) is 5.41 Å². The normalized spacial score (nSPS) is 16.4. The van der Waals surface area contributed by atoms with Crippen LogP contribution in [0.15, 0.2) is 260 Å². The topological polar surface area (TPSA) is 8.17 Å². The smallest absolute Gasteiger partial charge is 0.0688 e. The van der Waals surface area contributed by atoms with Crippen LogP contribution in [0.4, 0.5) is 17.1 Å². The van der Waals surface area contributed by atoms with E-state index >= 15 is 0 Å². The Morgan fingerprint density at radius 2 is 0.914 bits per heavy atom. The second-order valence-electron chi connectivity index (χ2n) is 19.2. The number of hydrogen-bond donors (Lipinski definition) is 0. The van der Waals surface area contributed by atoms with Crippen LogP contribution in [0.1, 0.15) is 35.6 Å². The minimum absolute atomic E-state index is 0.354. The summed E-state index contributed by atoms with van der Waals surface area (Å²) in [6.45, 7) is 2.36. The minimum atomic E-state index is -0.354. The highest BCUT2D eigenvalue weighted by molar-refractivity contribution is 6.09. The zero-order chi connectivity index (χ0) is 46.3. The van der Waals surface area contributed by atoms with Gasteiger partial charge in [0.25, 0.3) is 0 Å². The van der Waals surface area contributed by atoms with Crippen LogP contribution in [0.25, 0.3) is 77.6 Å². The number of benzene rings is 10. The SMILES string of the molecule is CC1C=CC2=C(C1)C1(c3ccccc32)c2ccccc2-c2cc(N(c3ccc(-n4c5ccccc5c5ccccc54)cc3)c3ccccc3-c3ccccc3-c3ccccc3-c3ccccc3)ccc21. The molecule has 70 heavy (non-hydrogen) atoms. The maximum absolute atomic E-state index is 2.50. The number of rotatable bonds is 7. The van der Waals surface area contributed by atoms with Crippen LogP contribution in [0.3, 0.4) is 0 Å². The van der Waals surface area contributed by atoms with Crippen LogP contribution in [0, 0.1) is 5.92 Å². The van der Waals surface area contributed by atoms with Gasteiger partial charge in [-0.2, -0.15) is 0 Å². The average molecular weight is 893 g/mol. The second-order valence-corrected chi connectivity index (χ2v) is 19.2. The molecule has 0 bridgehead atoms. The Hall–Kier alpha value is -8.72. The molecule has 1 heterocycles. The van der Waals surface area contributed by atoms with E-state index in [1.165, 1.54) is 94.2 Å². The zero-order valence-corrected chi connectivity index (χ0v) is 38.9. The monoisotopic (exact) mass is 892 g/mol. The molecule has 330 valence electrons. The van der Waals surface area contributed by atoms with Crippen molar-refractivity contribution < 1.29 is 0 Å². The van der Waals surface area contributed by atoms with Crippen LogP contribution in [0.5, 0.6) is 0 Å². The maximum Gasteiger partial charge on any atom is 0.0688 e. The summed E-state index contributed by atoms with van der Waals surface area (Å²) in [6, 6.07) is 90.0. The summed E-state index contributed by atoms with van der Waals surface area (Å²) in [5, 5.41) is 2.51. The average Bonchev–Trinajstić information content (AvgIpc) is 4.03. The van der Waals surface area contributed by atoms with Crippen LogP contribution in [-0.2, 0) is 5.41 Å². The standard InChI is InChI=1S/C68H48N2/c1-45-35-41-56-54-25-9-14-30-61(54)68(64(56)43-45)62-31-15-10-26-55(62)60-44-49(40-42-63(60)68)69(47-36-38-48(39-37-47)70-66-33-17-12-28-58(66)59-29-13-18-34-67(59)70)65-32-16-11-27-57(65)53-24-8-7-23-52(53)51-22-6-5-21-50(51)46-19-3-2-4-20-46/h2-42,44-45H,43H2,1H3. The molecule has 1 spiro atoms. The summed E-state index contributed by atoms with van der Waals surface area (Å²) in [5.74, 6) is 0.459. The quantitative estimate of drug-likeness (QED) is 0.155. The predicted molar refractivity (Wildman–Crippen MR) is 293 cm³/mol. The van der Waals surface area contributed by atoms with Crippen molar-refractivity contribution in [3.05, 3.63) is 283 Å². The highest BCUT2D eigenvalue weighted by Crippen LogP contribution is 2.64. The predicted octanol–water partition coefficient (Wildman–Crippen LogP) is 17.9. The Balaban J connectivity index is 0.991. The maximum atomic E-state index is 2.50. The van der Waals surface area contributed by atoms with E-state index in [0.717, 1.165) is 34.7 Å². The Bertz CT molecular complexity index is 3890. The summed E-state index contributed by atoms with van der Waals surface area (Å²) in [4.78, 5) is 2.50. The molecule has 0 aliphatic heterocycles. The van der Waals surface area contributed by atoms with Crippen molar-refractivity contribution >= 4 is 44.4 Å². The van der Waals surface area contributed by atoms with E-state index in [1.54, 1.807) is 0 Å². The molecular weight excluding hydrogens is 845 g/mol. The largest absolute Gasteiger partial charge is 0.310 e. The first-order valence-corrected chi connectivity index (χ1v) is 24.6. The van der Waals surface area contributed by atoms with E-state index in [4.69, 9.17) is 0 Å². The number of hydrogen-bond acceptors (Lipinski definition) is 1. The van der Waals surface area contributed by atoms with E-state index in [0.29, 0.717) is 5.92 Å². The van der Waals surface area contributed by atoms with Gasteiger partial charge in [-0.3, -0.25) is 0 Å². The van der Waals surface area contributed by atoms with Gasteiger partial charge in [0, 0.05) is 33.4 Å². The minimum Gasteiger partial charge on any atom is -0.310 e. The van der Waals surface area contributed by atoms with E-state index < -0.39 is 0 Å². The lowest BCUT2D eigenvalue weighted by Crippen LogP contribution is -2.28. The third-order valence-electron chi connectivity index (χ3n) is 15.4. The van der Waals surface area contributed by atoms with Crippen LogP contribution < -0.4 is 4.90 Å². The van der Waals surface area contributed by atoms with Gasteiger partial charge >= 0.3 is 0 Å². The van der Waals surface area contributed by atoms with Crippen LogP contribution >= 0.6 is 0 Å². The van der Waals surface area contributed by atoms with Crippen LogP contribution in [0.2, 0.25) is 0 Å². The first kappa shape index (κ1) is 40.4. The summed E-state index contributed by atoms with van der Waals surface area (Å²) in [6.07, 6.45) is 5.84. The van der Waals surface area contributed by atoms with Crippen LogP contribution in [-0.4, -0.2) is 4.57 Å². The number of aromatic nitrogens is 1. The molecule has 0 saturated carbocycles. The third-order valence-corrected chi connectivity index (χ3v) is 15.4. The molecule has 2 heteroatoms. The highest BCUT2D eigenvalue weighted by Gasteiger charge is 2.53. The molecule has 0 amide bonds. The summed E-state index contributed by atoms with van der Waals surface area (Å²) < 4.78 is 2.41. The third kappa shape index (κ3) is 5.93.